The van der Waals surface area contributed by atoms with Gasteiger partial charge in [0.1, 0.15) is 29.5 Å². The average molecular weight is 504 g/mol. The molecule has 0 amide bonds. The molecule has 1 saturated heterocycles. The monoisotopic (exact) mass is 503 g/mol. The summed E-state index contributed by atoms with van der Waals surface area (Å²) in [6, 6.07) is 17.6. The van der Waals surface area contributed by atoms with Crippen LogP contribution in [0.25, 0.3) is 0 Å². The second-order valence-corrected chi connectivity index (χ2v) is 8.35. The standard InChI is InChI=1S/C25H35NO4.C2H2O4/c1-3-4-8-16-26-17-15-24(25(20-26)28-19-18-27-2)30-23-13-11-22(12-14-23)29-21-9-6-5-7-10-21;3-1(4)2(5)6/h5-7,9-14,24-25H,3-4,8,15-20H2,1-2H3;(H,3,4)(H,5,6)/t24-,25-;/m0./s1. The molecular formula is C27H37NO8. The lowest BCUT2D eigenvalue weighted by Crippen LogP contribution is -2.50. The number of piperidine rings is 1. The molecule has 0 saturated carbocycles. The maximum atomic E-state index is 9.10. The number of carboxylic acid groups (broad SMARTS) is 2. The van der Waals surface area contributed by atoms with E-state index in [0.29, 0.717) is 13.2 Å². The van der Waals surface area contributed by atoms with Crippen LogP contribution in [-0.4, -0.2) is 79.2 Å². The number of hydrogen-bond acceptors (Lipinski definition) is 7. The largest absolute Gasteiger partial charge is 0.488 e. The van der Waals surface area contributed by atoms with Crippen LogP contribution in [0.15, 0.2) is 54.6 Å². The smallest absolute Gasteiger partial charge is 0.414 e. The summed E-state index contributed by atoms with van der Waals surface area (Å²) in [5.41, 5.74) is 0. The Morgan fingerprint density at radius 1 is 0.889 bits per heavy atom. The Morgan fingerprint density at radius 2 is 1.53 bits per heavy atom. The summed E-state index contributed by atoms with van der Waals surface area (Å²) < 4.78 is 23.5. The molecule has 1 heterocycles. The Labute approximate surface area is 212 Å². The van der Waals surface area contributed by atoms with E-state index in [0.717, 1.165) is 43.3 Å². The molecule has 1 fully saturated rings. The van der Waals surface area contributed by atoms with Crippen LogP contribution in [0.3, 0.4) is 0 Å². The molecular weight excluding hydrogens is 466 g/mol. The van der Waals surface area contributed by atoms with Gasteiger partial charge in [-0.2, -0.15) is 0 Å². The summed E-state index contributed by atoms with van der Waals surface area (Å²) in [5, 5.41) is 14.8. The quantitative estimate of drug-likeness (QED) is 0.323. The summed E-state index contributed by atoms with van der Waals surface area (Å²) in [7, 11) is 1.70. The summed E-state index contributed by atoms with van der Waals surface area (Å²) in [4.78, 5) is 20.7. The van der Waals surface area contributed by atoms with Crippen molar-refractivity contribution in [3.8, 4) is 17.2 Å². The molecule has 9 nitrogen and oxygen atoms in total. The van der Waals surface area contributed by atoms with E-state index in [1.165, 1.54) is 19.3 Å². The zero-order chi connectivity index (χ0) is 26.2. The van der Waals surface area contributed by atoms with Crippen molar-refractivity contribution in [2.45, 2.75) is 44.8 Å². The topological polar surface area (TPSA) is 115 Å². The molecule has 0 bridgehead atoms. The molecule has 0 unspecified atom stereocenters. The Morgan fingerprint density at radius 3 is 2.14 bits per heavy atom. The Kier molecular flexibility index (Phi) is 13.3. The van der Waals surface area contributed by atoms with Gasteiger partial charge in [0.2, 0.25) is 0 Å². The molecule has 2 N–H and O–H groups in total. The summed E-state index contributed by atoms with van der Waals surface area (Å²) >= 11 is 0. The first-order valence-electron chi connectivity index (χ1n) is 12.2. The SMILES string of the molecule is CCCCCN1CC[C@H](Oc2ccc(Oc3ccccc3)cc2)[C@@H](OCCOC)C1.O=C(O)C(=O)O. The van der Waals surface area contributed by atoms with Crippen LogP contribution in [-0.2, 0) is 19.1 Å². The van der Waals surface area contributed by atoms with Crippen molar-refractivity contribution < 1.29 is 38.7 Å². The Bertz CT molecular complexity index is 878. The van der Waals surface area contributed by atoms with Gasteiger partial charge in [-0.1, -0.05) is 38.0 Å². The maximum absolute atomic E-state index is 9.10. The van der Waals surface area contributed by atoms with E-state index in [4.69, 9.17) is 38.7 Å². The average Bonchev–Trinajstić information content (AvgIpc) is 2.88. The first-order valence-corrected chi connectivity index (χ1v) is 12.2. The number of hydrogen-bond donors (Lipinski definition) is 2. The highest BCUT2D eigenvalue weighted by Gasteiger charge is 2.31. The predicted octanol–water partition coefficient (Wildman–Crippen LogP) is 4.31. The number of likely N-dealkylation sites (tertiary alicyclic amines) is 1. The van der Waals surface area contributed by atoms with Gasteiger partial charge in [0.15, 0.2) is 0 Å². The van der Waals surface area contributed by atoms with Crippen molar-refractivity contribution in [2.75, 3.05) is 40.0 Å². The minimum Gasteiger partial charge on any atom is -0.488 e. The number of carbonyl (C=O) groups is 2. The van der Waals surface area contributed by atoms with Gasteiger partial charge in [-0.05, 0) is 55.8 Å². The molecule has 9 heteroatoms. The second-order valence-electron chi connectivity index (χ2n) is 8.35. The van der Waals surface area contributed by atoms with Crippen molar-refractivity contribution in [1.29, 1.82) is 0 Å². The van der Waals surface area contributed by atoms with Crippen LogP contribution in [0.1, 0.15) is 32.6 Å². The number of methoxy groups -OCH3 is 1. The minimum atomic E-state index is -1.82. The summed E-state index contributed by atoms with van der Waals surface area (Å²) in [6.45, 7) is 6.53. The van der Waals surface area contributed by atoms with Crippen molar-refractivity contribution in [3.05, 3.63) is 54.6 Å². The van der Waals surface area contributed by atoms with E-state index in [1.54, 1.807) is 7.11 Å². The number of unbranched alkanes of at least 4 members (excludes halogenated alkanes) is 2. The lowest BCUT2D eigenvalue weighted by molar-refractivity contribution is -0.159. The zero-order valence-corrected chi connectivity index (χ0v) is 21.0. The number of benzene rings is 2. The first-order chi connectivity index (χ1) is 17.4. The van der Waals surface area contributed by atoms with Gasteiger partial charge in [0, 0.05) is 20.2 Å². The van der Waals surface area contributed by atoms with Gasteiger partial charge in [-0.3, -0.25) is 0 Å². The van der Waals surface area contributed by atoms with E-state index in [1.807, 2.05) is 54.6 Å². The number of rotatable bonds is 12. The van der Waals surface area contributed by atoms with Crippen LogP contribution in [0.5, 0.6) is 17.2 Å². The third kappa shape index (κ3) is 11.1. The van der Waals surface area contributed by atoms with E-state index in [-0.39, 0.29) is 12.2 Å². The van der Waals surface area contributed by atoms with Crippen molar-refractivity contribution >= 4 is 11.9 Å². The Hall–Kier alpha value is -3.14. The van der Waals surface area contributed by atoms with Crippen molar-refractivity contribution in [3.63, 3.8) is 0 Å². The third-order valence-electron chi connectivity index (χ3n) is 5.55. The maximum Gasteiger partial charge on any atom is 0.414 e. The normalized spacial score (nSPS) is 17.5. The highest BCUT2D eigenvalue weighted by molar-refractivity contribution is 6.27. The minimum absolute atomic E-state index is 0.0465. The molecule has 1 aliphatic rings. The zero-order valence-electron chi connectivity index (χ0n) is 21.0. The molecule has 0 radical (unpaired) electrons. The van der Waals surface area contributed by atoms with Crippen LogP contribution < -0.4 is 9.47 Å². The molecule has 0 aromatic heterocycles. The van der Waals surface area contributed by atoms with E-state index >= 15 is 0 Å². The number of carboxylic acids is 2. The van der Waals surface area contributed by atoms with Crippen molar-refractivity contribution in [2.24, 2.45) is 0 Å². The van der Waals surface area contributed by atoms with Gasteiger partial charge in [0.05, 0.1) is 13.2 Å². The van der Waals surface area contributed by atoms with Gasteiger partial charge in [0.25, 0.3) is 0 Å². The fourth-order valence-electron chi connectivity index (χ4n) is 3.71. The summed E-state index contributed by atoms with van der Waals surface area (Å²) in [6.07, 6.45) is 4.84. The number of ether oxygens (including phenoxy) is 4. The van der Waals surface area contributed by atoms with Crippen LogP contribution >= 0.6 is 0 Å². The molecule has 2 atom stereocenters. The lowest BCUT2D eigenvalue weighted by Gasteiger charge is -2.38. The molecule has 36 heavy (non-hydrogen) atoms. The predicted molar refractivity (Wildman–Crippen MR) is 135 cm³/mol. The van der Waals surface area contributed by atoms with E-state index < -0.39 is 11.9 Å². The number of para-hydroxylation sites is 1. The molecule has 0 spiro atoms. The molecule has 2 aromatic carbocycles. The van der Waals surface area contributed by atoms with Gasteiger partial charge >= 0.3 is 11.9 Å². The van der Waals surface area contributed by atoms with E-state index in [9.17, 15) is 0 Å². The summed E-state index contributed by atoms with van der Waals surface area (Å²) in [5.74, 6) is -1.18. The highest BCUT2D eigenvalue weighted by Crippen LogP contribution is 2.26. The fraction of sp³-hybridized carbons (Fsp3) is 0.481. The fourth-order valence-corrected chi connectivity index (χ4v) is 3.71. The highest BCUT2D eigenvalue weighted by atomic mass is 16.6. The molecule has 3 rings (SSSR count). The number of aliphatic carboxylic acids is 2. The van der Waals surface area contributed by atoms with Crippen LogP contribution in [0, 0.1) is 0 Å². The molecule has 0 aliphatic carbocycles. The second kappa shape index (κ2) is 16.5. The van der Waals surface area contributed by atoms with Crippen molar-refractivity contribution in [1.82, 2.24) is 4.90 Å². The number of nitrogens with zero attached hydrogens (tertiary/aromatic N) is 1. The van der Waals surface area contributed by atoms with Crippen LogP contribution in [0.4, 0.5) is 0 Å². The van der Waals surface area contributed by atoms with E-state index in [2.05, 4.69) is 11.8 Å². The molecule has 198 valence electrons. The molecule has 2 aromatic rings. The van der Waals surface area contributed by atoms with Gasteiger partial charge < -0.3 is 34.1 Å². The van der Waals surface area contributed by atoms with Crippen LogP contribution in [0.2, 0.25) is 0 Å². The Balaban J connectivity index is 0.000000678. The van der Waals surface area contributed by atoms with Gasteiger partial charge in [-0.25, -0.2) is 9.59 Å². The molecule has 1 aliphatic heterocycles. The third-order valence-corrected chi connectivity index (χ3v) is 5.55. The van der Waals surface area contributed by atoms with Gasteiger partial charge in [-0.15, -0.1) is 0 Å². The first kappa shape index (κ1) is 29.1. The lowest BCUT2D eigenvalue weighted by atomic mass is 10.0.